The number of aromatic amines is 2. The first-order chi connectivity index (χ1) is 22.7. The fraction of sp³-hybridized carbons (Fsp3) is 0.762. The molecule has 282 valence electrons. The third kappa shape index (κ3) is 32.1. The normalized spacial score (nSPS) is 10.0. The van der Waals surface area contributed by atoms with Crippen LogP contribution in [0.5, 0.6) is 0 Å². The van der Waals surface area contributed by atoms with Gasteiger partial charge in [-0.2, -0.15) is 0 Å². The lowest BCUT2D eigenvalue weighted by Crippen LogP contribution is -3.00. The van der Waals surface area contributed by atoms with E-state index < -0.39 is 0 Å². The standard InChI is InChI=1S/2C17H30N2.C8H18.2BrH/c2*1-3-5-7-9-15-19(16-10-8-6-4-2)17-11-13-18-14-12-17;1-3-5-7-8-6-4-2;;/h2*11-14H,3-10,15-16H2,1-2H3;3-8H2,1-2H3;2*1H. The van der Waals surface area contributed by atoms with Gasteiger partial charge in [0.15, 0.2) is 24.8 Å². The highest BCUT2D eigenvalue weighted by atomic mass is 79.9. The van der Waals surface area contributed by atoms with E-state index in [2.05, 4.69) is 85.6 Å². The highest BCUT2D eigenvalue weighted by Crippen LogP contribution is 2.16. The first-order valence-corrected chi connectivity index (χ1v) is 20.1. The molecular weight excluding hydrogens is 720 g/mol. The van der Waals surface area contributed by atoms with E-state index in [1.165, 1.54) is 179 Å². The second-order valence-electron chi connectivity index (χ2n) is 13.1. The second kappa shape index (κ2) is 42.0. The van der Waals surface area contributed by atoms with Gasteiger partial charge in [-0.1, -0.05) is 157 Å². The number of hydrogen-bond donors (Lipinski definition) is 0. The van der Waals surface area contributed by atoms with E-state index >= 15 is 0 Å². The van der Waals surface area contributed by atoms with Crippen LogP contribution < -0.4 is 53.7 Å². The number of hydrogen-bond acceptors (Lipinski definition) is 2. The van der Waals surface area contributed by atoms with Gasteiger partial charge in [0.05, 0.1) is 0 Å². The van der Waals surface area contributed by atoms with E-state index in [0.29, 0.717) is 0 Å². The van der Waals surface area contributed by atoms with E-state index in [9.17, 15) is 0 Å². The lowest BCUT2D eigenvalue weighted by Gasteiger charge is -2.24. The monoisotopic (exact) mass is 798 g/mol. The zero-order chi connectivity index (χ0) is 33.8. The van der Waals surface area contributed by atoms with Crippen LogP contribution in [0.3, 0.4) is 0 Å². The van der Waals surface area contributed by atoms with Crippen LogP contribution in [0.15, 0.2) is 49.1 Å². The maximum absolute atomic E-state index is 3.11. The number of nitrogens with one attached hydrogen (secondary N) is 2. The van der Waals surface area contributed by atoms with Crippen LogP contribution >= 0.6 is 0 Å². The minimum atomic E-state index is 0. The van der Waals surface area contributed by atoms with Crippen LogP contribution in [0.2, 0.25) is 0 Å². The lowest BCUT2D eigenvalue weighted by molar-refractivity contribution is -0.378. The van der Waals surface area contributed by atoms with Crippen molar-refractivity contribution in [3.8, 4) is 0 Å². The number of H-pyrrole nitrogens is 2. The Morgan fingerprint density at radius 1 is 0.333 bits per heavy atom. The molecule has 0 radical (unpaired) electrons. The van der Waals surface area contributed by atoms with Crippen molar-refractivity contribution in [2.24, 2.45) is 0 Å². The molecule has 2 aromatic rings. The highest BCUT2D eigenvalue weighted by Gasteiger charge is 2.08. The van der Waals surface area contributed by atoms with Gasteiger partial charge in [-0.05, 0) is 25.7 Å². The Labute approximate surface area is 321 Å². The minimum absolute atomic E-state index is 0. The van der Waals surface area contributed by atoms with Crippen LogP contribution in [-0.4, -0.2) is 26.2 Å². The Kier molecular flexibility index (Phi) is 44.9. The Morgan fingerprint density at radius 3 is 0.750 bits per heavy atom. The number of halogens is 2. The smallest absolute Gasteiger partial charge is 0.169 e. The molecule has 0 aliphatic carbocycles. The van der Waals surface area contributed by atoms with Crippen LogP contribution in [-0.2, 0) is 0 Å². The van der Waals surface area contributed by atoms with Gasteiger partial charge in [-0.3, -0.25) is 0 Å². The quantitative estimate of drug-likeness (QED) is 0.0995. The van der Waals surface area contributed by atoms with Gasteiger partial charge in [0.25, 0.3) is 0 Å². The summed E-state index contributed by atoms with van der Waals surface area (Å²) in [5, 5.41) is 0. The van der Waals surface area contributed by atoms with E-state index in [-0.39, 0.29) is 34.0 Å². The number of aromatic nitrogens is 2. The molecule has 0 fully saturated rings. The predicted molar refractivity (Wildman–Crippen MR) is 206 cm³/mol. The molecule has 0 amide bonds. The van der Waals surface area contributed by atoms with E-state index in [1.807, 2.05) is 24.8 Å². The predicted octanol–water partition coefficient (Wildman–Crippen LogP) is 6.31. The average molecular weight is 801 g/mol. The molecule has 2 rings (SSSR count). The molecule has 48 heavy (non-hydrogen) atoms. The summed E-state index contributed by atoms with van der Waals surface area (Å²) in [6.07, 6.45) is 38.1. The molecule has 0 saturated heterocycles. The molecule has 6 heteroatoms. The van der Waals surface area contributed by atoms with Gasteiger partial charge < -0.3 is 43.8 Å². The average Bonchev–Trinajstić information content (AvgIpc) is 3.10. The molecule has 0 saturated carbocycles. The maximum Gasteiger partial charge on any atom is 0.169 e. The van der Waals surface area contributed by atoms with Gasteiger partial charge in [-0.15, -0.1) is 0 Å². The maximum atomic E-state index is 3.11. The number of rotatable bonds is 27. The van der Waals surface area contributed by atoms with Crippen molar-refractivity contribution in [3.63, 3.8) is 0 Å². The summed E-state index contributed by atoms with van der Waals surface area (Å²) >= 11 is 0. The number of pyridine rings is 2. The lowest BCUT2D eigenvalue weighted by atomic mass is 10.1. The van der Waals surface area contributed by atoms with Gasteiger partial charge in [-0.25, -0.2) is 9.97 Å². The van der Waals surface area contributed by atoms with Crippen molar-refractivity contribution in [1.29, 1.82) is 0 Å². The molecule has 0 aromatic carbocycles. The van der Waals surface area contributed by atoms with Crippen molar-refractivity contribution in [2.75, 3.05) is 36.0 Å². The Balaban J connectivity index is -0.000000668. The number of unbranched alkanes of at least 4 members (excludes halogenated alkanes) is 17. The molecular formula is C42H80Br2N4. The van der Waals surface area contributed by atoms with Gasteiger partial charge in [0.2, 0.25) is 0 Å². The summed E-state index contributed by atoms with van der Waals surface area (Å²) in [5.41, 5.74) is 2.73. The van der Waals surface area contributed by atoms with Crippen molar-refractivity contribution in [2.45, 2.75) is 183 Å². The zero-order valence-electron chi connectivity index (χ0n) is 32.7. The summed E-state index contributed by atoms with van der Waals surface area (Å²) < 4.78 is 0. The zero-order valence-corrected chi connectivity index (χ0v) is 35.8. The molecule has 0 bridgehead atoms. The molecule has 0 atom stereocenters. The third-order valence-electron chi connectivity index (χ3n) is 8.72. The van der Waals surface area contributed by atoms with Crippen LogP contribution in [0.1, 0.15) is 183 Å². The topological polar surface area (TPSA) is 34.8 Å². The molecule has 0 aliphatic heterocycles. The summed E-state index contributed by atoms with van der Waals surface area (Å²) in [7, 11) is 0. The molecule has 0 aliphatic rings. The van der Waals surface area contributed by atoms with Crippen LogP contribution in [0, 0.1) is 0 Å². The minimum Gasteiger partial charge on any atom is -1.00 e. The Bertz CT molecular complexity index is 731. The van der Waals surface area contributed by atoms with Crippen molar-refractivity contribution in [1.82, 2.24) is 0 Å². The highest BCUT2D eigenvalue weighted by molar-refractivity contribution is 5.44. The number of nitrogens with zero attached hydrogens (tertiary/aromatic N) is 2. The molecule has 0 spiro atoms. The fourth-order valence-corrected chi connectivity index (χ4v) is 5.69. The summed E-state index contributed by atoms with van der Waals surface area (Å²) in [4.78, 5) is 11.3. The SMILES string of the molecule is CCCCCCCC.CCCCCCN(CCCCCC)c1cc[nH+]cc1.CCCCCCN(CCCCCC)c1cc[nH+]cc1.[Br-].[Br-]. The van der Waals surface area contributed by atoms with E-state index in [0.717, 1.165) is 0 Å². The molecule has 4 nitrogen and oxygen atoms in total. The van der Waals surface area contributed by atoms with Crippen LogP contribution in [0.4, 0.5) is 11.4 Å². The molecule has 2 N–H and O–H groups in total. The van der Waals surface area contributed by atoms with Crippen LogP contribution in [0.25, 0.3) is 0 Å². The van der Waals surface area contributed by atoms with E-state index in [1.54, 1.807) is 0 Å². The Hall–Kier alpha value is -1.14. The van der Waals surface area contributed by atoms with Crippen molar-refractivity contribution >= 4 is 11.4 Å². The van der Waals surface area contributed by atoms with Crippen molar-refractivity contribution < 1.29 is 43.9 Å². The first-order valence-electron chi connectivity index (χ1n) is 20.1. The largest absolute Gasteiger partial charge is 1.00 e. The van der Waals surface area contributed by atoms with Gasteiger partial charge in [0.1, 0.15) is 0 Å². The second-order valence-corrected chi connectivity index (χ2v) is 13.1. The first kappa shape index (κ1) is 51.2. The van der Waals surface area contributed by atoms with Crippen molar-refractivity contribution in [3.05, 3.63) is 49.1 Å². The Morgan fingerprint density at radius 2 is 0.542 bits per heavy atom. The van der Waals surface area contributed by atoms with Gasteiger partial charge >= 0.3 is 0 Å². The molecule has 0 unspecified atom stereocenters. The summed E-state index contributed by atoms with van der Waals surface area (Å²) in [6, 6.07) is 8.78. The summed E-state index contributed by atoms with van der Waals surface area (Å²) in [5.74, 6) is 0. The summed E-state index contributed by atoms with van der Waals surface area (Å²) in [6.45, 7) is 18.4. The number of anilines is 2. The molecule has 2 aromatic heterocycles. The van der Waals surface area contributed by atoms with E-state index in [4.69, 9.17) is 0 Å². The third-order valence-corrected chi connectivity index (χ3v) is 8.72. The molecule has 2 heterocycles. The fourth-order valence-electron chi connectivity index (χ4n) is 5.69. The van der Waals surface area contributed by atoms with Gasteiger partial charge in [0, 0.05) is 61.8 Å².